The SMILES string of the molecule is C1CCC1.C1CCCC1.CC.CCC. The minimum absolute atomic E-state index is 1.25. The Kier molecular flexibility index (Phi) is 22.0. The summed E-state index contributed by atoms with van der Waals surface area (Å²) in [6, 6.07) is 0. The molecule has 2 aliphatic rings. The molecule has 0 amide bonds. The lowest BCUT2D eigenvalue weighted by Gasteiger charge is -2.05. The minimum atomic E-state index is 1.25. The molecule has 0 saturated heterocycles. The average molecular weight is 200 g/mol. The van der Waals surface area contributed by atoms with Crippen molar-refractivity contribution >= 4 is 0 Å². The molecule has 0 nitrogen and oxygen atoms in total. The highest BCUT2D eigenvalue weighted by Crippen LogP contribution is 2.15. The summed E-state index contributed by atoms with van der Waals surface area (Å²) < 4.78 is 0. The van der Waals surface area contributed by atoms with Crippen LogP contribution in [0.3, 0.4) is 0 Å². The minimum Gasteiger partial charge on any atom is -0.0683 e. The second-order valence-electron chi connectivity index (χ2n) is 3.89. The van der Waals surface area contributed by atoms with Crippen molar-refractivity contribution in [3.05, 3.63) is 0 Å². The first kappa shape index (κ1) is 16.4. The van der Waals surface area contributed by atoms with E-state index in [1.165, 1.54) is 64.2 Å². The van der Waals surface area contributed by atoms with Crippen LogP contribution in [0.2, 0.25) is 0 Å². The van der Waals surface area contributed by atoms with E-state index in [1.807, 2.05) is 13.8 Å². The van der Waals surface area contributed by atoms with Gasteiger partial charge in [-0.25, -0.2) is 0 Å². The summed E-state index contributed by atoms with van der Waals surface area (Å²) in [7, 11) is 0. The van der Waals surface area contributed by atoms with Crippen molar-refractivity contribution < 1.29 is 0 Å². The number of rotatable bonds is 0. The lowest BCUT2D eigenvalue weighted by molar-refractivity contribution is 0.504. The fourth-order valence-electron chi connectivity index (χ4n) is 1.13. The van der Waals surface area contributed by atoms with Gasteiger partial charge in [0.2, 0.25) is 0 Å². The first-order chi connectivity index (χ1) is 6.91. The maximum atomic E-state index is 2.12. The Morgan fingerprint density at radius 3 is 0.643 bits per heavy atom. The van der Waals surface area contributed by atoms with Crippen molar-refractivity contribution in [2.24, 2.45) is 0 Å². The second kappa shape index (κ2) is 18.7. The van der Waals surface area contributed by atoms with Crippen molar-refractivity contribution in [2.75, 3.05) is 0 Å². The summed E-state index contributed by atoms with van der Waals surface area (Å²) >= 11 is 0. The van der Waals surface area contributed by atoms with Gasteiger partial charge < -0.3 is 0 Å². The zero-order valence-electron chi connectivity index (χ0n) is 11.1. The van der Waals surface area contributed by atoms with Crippen LogP contribution in [-0.2, 0) is 0 Å². The molecular weight excluding hydrogens is 168 g/mol. The lowest BCUT2D eigenvalue weighted by Crippen LogP contribution is -1.85. The molecule has 2 saturated carbocycles. The van der Waals surface area contributed by atoms with Gasteiger partial charge >= 0.3 is 0 Å². The Balaban J connectivity index is 0. The monoisotopic (exact) mass is 200 g/mol. The molecule has 0 radical (unpaired) electrons. The van der Waals surface area contributed by atoms with E-state index >= 15 is 0 Å². The van der Waals surface area contributed by atoms with Crippen molar-refractivity contribution in [3.63, 3.8) is 0 Å². The smallest absolute Gasteiger partial charge is 0.0533 e. The normalized spacial score (nSPS) is 17.1. The molecule has 0 aromatic heterocycles. The molecule has 0 unspecified atom stereocenters. The maximum absolute atomic E-state index is 2.12. The van der Waals surface area contributed by atoms with E-state index in [-0.39, 0.29) is 0 Å². The summed E-state index contributed by atoms with van der Waals surface area (Å²) in [6.45, 7) is 8.25. The van der Waals surface area contributed by atoms with Crippen molar-refractivity contribution in [1.29, 1.82) is 0 Å². The van der Waals surface area contributed by atoms with Gasteiger partial charge in [-0.05, 0) is 0 Å². The predicted octanol–water partition coefficient (Wildman–Crippen LogP) is 5.95. The summed E-state index contributed by atoms with van der Waals surface area (Å²) in [6.07, 6.45) is 14.8. The van der Waals surface area contributed by atoms with Gasteiger partial charge in [-0.2, -0.15) is 0 Å². The molecular formula is C14H32. The van der Waals surface area contributed by atoms with Gasteiger partial charge in [0.1, 0.15) is 0 Å². The Morgan fingerprint density at radius 1 is 0.500 bits per heavy atom. The zero-order chi connectivity index (χ0) is 11.1. The Labute approximate surface area is 92.5 Å². The fraction of sp³-hybridized carbons (Fsp3) is 1.00. The third kappa shape index (κ3) is 17.9. The maximum Gasteiger partial charge on any atom is -0.0533 e. The van der Waals surface area contributed by atoms with E-state index < -0.39 is 0 Å². The number of hydrogen-bond acceptors (Lipinski definition) is 0. The van der Waals surface area contributed by atoms with Crippen molar-refractivity contribution in [2.45, 2.75) is 91.9 Å². The molecule has 0 heteroatoms. The van der Waals surface area contributed by atoms with Gasteiger partial charge in [-0.1, -0.05) is 91.9 Å². The van der Waals surface area contributed by atoms with Crippen LogP contribution in [-0.4, -0.2) is 0 Å². The van der Waals surface area contributed by atoms with E-state index in [0.29, 0.717) is 0 Å². The van der Waals surface area contributed by atoms with Gasteiger partial charge in [-0.15, -0.1) is 0 Å². The molecule has 0 atom stereocenters. The largest absolute Gasteiger partial charge is 0.0683 e. The van der Waals surface area contributed by atoms with E-state index in [0.717, 1.165) is 0 Å². The highest BCUT2D eigenvalue weighted by atomic mass is 14.0. The van der Waals surface area contributed by atoms with Crippen LogP contribution in [0.25, 0.3) is 0 Å². The molecule has 14 heavy (non-hydrogen) atoms. The summed E-state index contributed by atoms with van der Waals surface area (Å²) in [5.74, 6) is 0. The third-order valence-corrected chi connectivity index (χ3v) is 2.25. The molecule has 88 valence electrons. The highest BCUT2D eigenvalue weighted by molar-refractivity contribution is 4.51. The molecule has 0 N–H and O–H groups in total. The quantitative estimate of drug-likeness (QED) is 0.453. The molecule has 0 aromatic rings. The van der Waals surface area contributed by atoms with Crippen LogP contribution in [0.5, 0.6) is 0 Å². The van der Waals surface area contributed by atoms with E-state index in [9.17, 15) is 0 Å². The molecule has 2 rings (SSSR count). The average Bonchev–Trinajstić information content (AvgIpc) is 2.61. The molecule has 0 bridgehead atoms. The zero-order valence-corrected chi connectivity index (χ0v) is 11.1. The molecule has 2 aliphatic carbocycles. The van der Waals surface area contributed by atoms with E-state index in [1.54, 1.807) is 0 Å². The summed E-state index contributed by atoms with van der Waals surface area (Å²) in [5, 5.41) is 0. The Hall–Kier alpha value is 0. The highest BCUT2D eigenvalue weighted by Gasteiger charge is 1.95. The van der Waals surface area contributed by atoms with Gasteiger partial charge in [0.15, 0.2) is 0 Å². The Bertz CT molecular complexity index is 46.8. The summed E-state index contributed by atoms with van der Waals surface area (Å²) in [5.41, 5.74) is 0. The van der Waals surface area contributed by atoms with Crippen molar-refractivity contribution in [3.8, 4) is 0 Å². The van der Waals surface area contributed by atoms with E-state index in [4.69, 9.17) is 0 Å². The second-order valence-corrected chi connectivity index (χ2v) is 3.89. The van der Waals surface area contributed by atoms with Crippen LogP contribution < -0.4 is 0 Å². The molecule has 0 heterocycles. The van der Waals surface area contributed by atoms with Crippen LogP contribution in [0.15, 0.2) is 0 Å². The lowest BCUT2D eigenvalue weighted by atomic mass is 10.0. The van der Waals surface area contributed by atoms with Crippen molar-refractivity contribution in [1.82, 2.24) is 0 Å². The first-order valence-corrected chi connectivity index (χ1v) is 6.91. The first-order valence-electron chi connectivity index (χ1n) is 6.91. The van der Waals surface area contributed by atoms with Gasteiger partial charge in [-0.3, -0.25) is 0 Å². The van der Waals surface area contributed by atoms with Crippen LogP contribution in [0.4, 0.5) is 0 Å². The van der Waals surface area contributed by atoms with Crippen LogP contribution in [0, 0.1) is 0 Å². The topological polar surface area (TPSA) is 0 Å². The number of hydrogen-bond donors (Lipinski definition) is 0. The van der Waals surface area contributed by atoms with Crippen LogP contribution in [0.1, 0.15) is 91.9 Å². The molecule has 0 spiro atoms. The molecule has 2 fully saturated rings. The third-order valence-electron chi connectivity index (χ3n) is 2.25. The van der Waals surface area contributed by atoms with Gasteiger partial charge in [0.25, 0.3) is 0 Å². The fourth-order valence-corrected chi connectivity index (χ4v) is 1.13. The molecule has 0 aliphatic heterocycles. The van der Waals surface area contributed by atoms with Gasteiger partial charge in [0.05, 0.1) is 0 Å². The van der Waals surface area contributed by atoms with Gasteiger partial charge in [0, 0.05) is 0 Å². The molecule has 0 aromatic carbocycles. The Morgan fingerprint density at radius 2 is 0.571 bits per heavy atom. The standard InChI is InChI=1S/C5H10.C4H8.C3H8.C2H6/c1-2-4-5-3-1;1-2-4-3-1;1-3-2;1-2/h1-5H2;1-4H2;3H2,1-2H3;1-2H3. The summed E-state index contributed by atoms with van der Waals surface area (Å²) in [4.78, 5) is 0. The van der Waals surface area contributed by atoms with E-state index in [2.05, 4.69) is 13.8 Å². The predicted molar refractivity (Wildman–Crippen MR) is 68.9 cm³/mol. The van der Waals surface area contributed by atoms with Crippen LogP contribution >= 0.6 is 0 Å².